The first kappa shape index (κ1) is 43.3. The van der Waals surface area contributed by atoms with E-state index in [1.807, 2.05) is 12.1 Å². The Morgan fingerprint density at radius 3 is 1.29 bits per heavy atom. The minimum atomic E-state index is -1.54. The number of ether oxygens (including phenoxy) is 2. The smallest absolute Gasteiger partial charge is 0.324 e. The van der Waals surface area contributed by atoms with E-state index >= 15 is 9.59 Å². The van der Waals surface area contributed by atoms with Gasteiger partial charge in [-0.3, -0.25) is 19.4 Å². The third kappa shape index (κ3) is 9.34. The van der Waals surface area contributed by atoms with Crippen LogP contribution in [0.5, 0.6) is 5.75 Å². The molecule has 0 saturated carbocycles. The highest BCUT2D eigenvalue weighted by molar-refractivity contribution is 6.00. The van der Waals surface area contributed by atoms with Crippen LogP contribution in [0, 0.1) is 5.41 Å². The average Bonchev–Trinajstić information content (AvgIpc) is 2.92. The van der Waals surface area contributed by atoms with Gasteiger partial charge in [0, 0.05) is 47.8 Å². The van der Waals surface area contributed by atoms with Crippen molar-refractivity contribution < 1.29 is 24.2 Å². The molecule has 2 fully saturated rings. The summed E-state index contributed by atoms with van der Waals surface area (Å²) in [6, 6.07) is 4.01. The average molecular weight is 713 g/mol. The van der Waals surface area contributed by atoms with Gasteiger partial charge in [0.2, 0.25) is 0 Å². The molecule has 0 unspecified atom stereocenters. The predicted octanol–water partition coefficient (Wildman–Crippen LogP) is 9.88. The Bertz CT molecular complexity index is 1260. The van der Waals surface area contributed by atoms with Crippen molar-refractivity contribution in [2.45, 2.75) is 214 Å². The van der Waals surface area contributed by atoms with Gasteiger partial charge in [0.25, 0.3) is 0 Å². The number of likely N-dealkylation sites (tertiary alicyclic amines) is 2. The van der Waals surface area contributed by atoms with Crippen molar-refractivity contribution >= 4 is 11.9 Å². The summed E-state index contributed by atoms with van der Waals surface area (Å²) in [5.41, 5.74) is -0.526. The molecule has 7 heteroatoms. The summed E-state index contributed by atoms with van der Waals surface area (Å²) in [6.07, 6.45) is 4.07. The molecule has 2 aliphatic heterocycles. The highest BCUT2D eigenvalue weighted by atomic mass is 16.6. The molecular weight excluding hydrogens is 636 g/mol. The lowest BCUT2D eigenvalue weighted by Gasteiger charge is -2.55. The first-order chi connectivity index (χ1) is 23.1. The maximum atomic E-state index is 15.1. The number of hydrogen-bond donors (Lipinski definition) is 1. The number of carbonyl (C=O) groups excluding carboxylic acids is 2. The van der Waals surface area contributed by atoms with Crippen LogP contribution in [0.3, 0.4) is 0 Å². The molecule has 3 rings (SSSR count). The molecule has 1 aromatic carbocycles. The van der Waals surface area contributed by atoms with Crippen molar-refractivity contribution in [1.82, 2.24) is 9.80 Å². The quantitative estimate of drug-likeness (QED) is 0.181. The summed E-state index contributed by atoms with van der Waals surface area (Å²) in [6.45, 7) is 38.6. The number of unbranched alkanes of at least 4 members (excludes halogenated alkanes) is 1. The number of esters is 2. The summed E-state index contributed by atoms with van der Waals surface area (Å²) in [7, 11) is 0. The van der Waals surface area contributed by atoms with Crippen molar-refractivity contribution in [3.05, 3.63) is 28.8 Å². The zero-order valence-corrected chi connectivity index (χ0v) is 35.9. The number of aromatic hydroxyl groups is 1. The minimum Gasteiger partial charge on any atom is -0.507 e. The highest BCUT2D eigenvalue weighted by Crippen LogP contribution is 2.46. The lowest BCUT2D eigenvalue weighted by atomic mass is 9.73. The first-order valence-corrected chi connectivity index (χ1v) is 19.9. The van der Waals surface area contributed by atoms with E-state index in [0.29, 0.717) is 38.5 Å². The molecule has 0 bridgehead atoms. The number of phenols is 1. The molecule has 0 amide bonds. The molecule has 0 aromatic heterocycles. The van der Waals surface area contributed by atoms with E-state index in [9.17, 15) is 5.11 Å². The topological polar surface area (TPSA) is 79.3 Å². The van der Waals surface area contributed by atoms with Gasteiger partial charge >= 0.3 is 11.9 Å². The number of phenolic OH excluding ortho intramolecular Hbond substituents is 1. The molecule has 2 heterocycles. The SMILES string of the molecule is CCCCC(Cc1cc(C(C)(C)C)c(O)c(C(C)(C)C)c1)(C(=O)OC1CC(C)(C)N(CC)C(C)(C)C1)C(=O)OC1CC(C)(C)N(CC)C(C)(C)C1. The first-order valence-electron chi connectivity index (χ1n) is 19.9. The normalized spacial score (nSPS) is 21.7. The molecule has 0 spiro atoms. The second kappa shape index (κ2) is 15.0. The number of hydrogen-bond acceptors (Lipinski definition) is 7. The number of carbonyl (C=O) groups is 2. The molecule has 2 aliphatic rings. The maximum Gasteiger partial charge on any atom is 0.324 e. The van der Waals surface area contributed by atoms with Crippen LogP contribution in [0.4, 0.5) is 0 Å². The standard InChI is InChI=1S/C44H76N2O5/c1-18-21-22-44(36(48)50-31-26-40(10,11)45(19-2)41(12,13)27-31,37(49)51-32-28-42(14,15)46(20-3)43(16,17)29-32)25-30-23-33(38(4,5)6)35(47)34(24-30)39(7,8)9/h23-24,31-32,47H,18-22,25-29H2,1-17H3. The maximum absolute atomic E-state index is 15.1. The van der Waals surface area contributed by atoms with Crippen molar-refractivity contribution in [1.29, 1.82) is 0 Å². The molecule has 1 N–H and O–H groups in total. The van der Waals surface area contributed by atoms with Crippen LogP contribution in [0.2, 0.25) is 0 Å². The molecule has 0 radical (unpaired) electrons. The van der Waals surface area contributed by atoms with Gasteiger partial charge in [-0.1, -0.05) is 87.3 Å². The van der Waals surface area contributed by atoms with Gasteiger partial charge in [0.15, 0.2) is 5.41 Å². The second-order valence-corrected chi connectivity index (χ2v) is 20.5. The minimum absolute atomic E-state index is 0.151. The van der Waals surface area contributed by atoms with E-state index in [4.69, 9.17) is 9.47 Å². The van der Waals surface area contributed by atoms with Crippen LogP contribution in [-0.4, -0.2) is 74.3 Å². The number of rotatable bonds is 11. The fourth-order valence-corrected chi connectivity index (χ4v) is 10.1. The third-order valence-electron chi connectivity index (χ3n) is 12.0. The monoisotopic (exact) mass is 713 g/mol. The Hall–Kier alpha value is -2.12. The third-order valence-corrected chi connectivity index (χ3v) is 12.0. The van der Waals surface area contributed by atoms with Gasteiger partial charge < -0.3 is 14.6 Å². The zero-order chi connectivity index (χ0) is 39.2. The van der Waals surface area contributed by atoms with E-state index in [0.717, 1.165) is 36.2 Å². The summed E-state index contributed by atoms with van der Waals surface area (Å²) >= 11 is 0. The fourth-order valence-electron chi connectivity index (χ4n) is 10.1. The van der Waals surface area contributed by atoms with Gasteiger partial charge in [0.05, 0.1) is 0 Å². The van der Waals surface area contributed by atoms with Crippen LogP contribution in [0.1, 0.15) is 179 Å². The molecule has 1 aromatic rings. The molecular formula is C44H76N2O5. The van der Waals surface area contributed by atoms with Crippen LogP contribution in [0.25, 0.3) is 0 Å². The molecule has 0 aliphatic carbocycles. The lowest BCUT2D eigenvalue weighted by Crippen LogP contribution is -2.63. The summed E-state index contributed by atoms with van der Waals surface area (Å²) in [5, 5.41) is 11.6. The predicted molar refractivity (Wildman–Crippen MR) is 210 cm³/mol. The molecule has 2 saturated heterocycles. The fraction of sp³-hybridized carbons (Fsp3) is 0.818. The lowest BCUT2D eigenvalue weighted by molar-refractivity contribution is -0.189. The van der Waals surface area contributed by atoms with Crippen LogP contribution >= 0.6 is 0 Å². The van der Waals surface area contributed by atoms with E-state index in [1.54, 1.807) is 0 Å². The van der Waals surface area contributed by atoms with E-state index in [1.165, 1.54) is 0 Å². The van der Waals surface area contributed by atoms with Gasteiger partial charge in [-0.15, -0.1) is 0 Å². The molecule has 7 nitrogen and oxygen atoms in total. The van der Waals surface area contributed by atoms with Gasteiger partial charge in [0.1, 0.15) is 18.0 Å². The second-order valence-electron chi connectivity index (χ2n) is 20.5. The Balaban J connectivity index is 2.20. The van der Waals surface area contributed by atoms with Gasteiger partial charge in [-0.2, -0.15) is 0 Å². The number of nitrogens with zero attached hydrogens (tertiary/aromatic N) is 2. The van der Waals surface area contributed by atoms with Crippen molar-refractivity contribution in [3.8, 4) is 5.75 Å². The Kier molecular flexibility index (Phi) is 12.7. The van der Waals surface area contributed by atoms with Gasteiger partial charge in [-0.05, 0) is 109 Å². The van der Waals surface area contributed by atoms with E-state index < -0.39 is 17.4 Å². The van der Waals surface area contributed by atoms with E-state index in [2.05, 4.69) is 128 Å². The summed E-state index contributed by atoms with van der Waals surface area (Å²) in [5.74, 6) is -0.674. The Morgan fingerprint density at radius 2 is 1.02 bits per heavy atom. The van der Waals surface area contributed by atoms with Crippen LogP contribution in [-0.2, 0) is 36.3 Å². The molecule has 0 atom stereocenters. The largest absolute Gasteiger partial charge is 0.507 e. The number of piperidine rings is 2. The Labute approximate surface area is 312 Å². The summed E-state index contributed by atoms with van der Waals surface area (Å²) in [4.78, 5) is 35.2. The number of benzene rings is 1. The van der Waals surface area contributed by atoms with Crippen molar-refractivity contribution in [2.75, 3.05) is 13.1 Å². The van der Waals surface area contributed by atoms with E-state index in [-0.39, 0.29) is 57.4 Å². The summed E-state index contributed by atoms with van der Waals surface area (Å²) < 4.78 is 13.2. The van der Waals surface area contributed by atoms with Crippen molar-refractivity contribution in [2.24, 2.45) is 5.41 Å². The zero-order valence-electron chi connectivity index (χ0n) is 35.9. The van der Waals surface area contributed by atoms with Crippen molar-refractivity contribution in [3.63, 3.8) is 0 Å². The van der Waals surface area contributed by atoms with Crippen LogP contribution in [0.15, 0.2) is 12.1 Å². The van der Waals surface area contributed by atoms with Crippen LogP contribution < -0.4 is 0 Å². The Morgan fingerprint density at radius 1 is 0.686 bits per heavy atom. The molecule has 51 heavy (non-hydrogen) atoms. The van der Waals surface area contributed by atoms with Gasteiger partial charge in [-0.25, -0.2) is 0 Å². The highest BCUT2D eigenvalue weighted by Gasteiger charge is 2.54. The molecule has 292 valence electrons.